The molecular formula is C11H10BrN2+. The summed E-state index contributed by atoms with van der Waals surface area (Å²) in [6.45, 7) is 0.877. The van der Waals surface area contributed by atoms with Crippen molar-refractivity contribution in [2.75, 3.05) is 0 Å². The average Bonchev–Trinajstić information content (AvgIpc) is 2.19. The van der Waals surface area contributed by atoms with E-state index in [-0.39, 0.29) is 0 Å². The van der Waals surface area contributed by atoms with Crippen LogP contribution < -0.4 is 4.57 Å². The van der Waals surface area contributed by atoms with Gasteiger partial charge in [0.15, 0.2) is 18.9 Å². The van der Waals surface area contributed by atoms with Crippen LogP contribution in [0.1, 0.15) is 5.56 Å². The van der Waals surface area contributed by atoms with Gasteiger partial charge < -0.3 is 0 Å². The second-order valence-corrected chi connectivity index (χ2v) is 3.96. The Labute approximate surface area is 91.4 Å². The first-order valence-corrected chi connectivity index (χ1v) is 5.17. The number of benzene rings is 1. The van der Waals surface area contributed by atoms with Crippen molar-refractivity contribution in [2.45, 2.75) is 6.54 Å². The molecule has 0 aliphatic heterocycles. The Morgan fingerprint density at radius 2 is 2.00 bits per heavy atom. The molecule has 0 unspecified atom stereocenters. The SMILES string of the molecule is Brc1cccc(C[n+]2ccncc2)c1. The van der Waals surface area contributed by atoms with Crippen LogP contribution in [-0.2, 0) is 6.54 Å². The van der Waals surface area contributed by atoms with Crippen LogP contribution in [0.25, 0.3) is 0 Å². The molecule has 0 N–H and O–H groups in total. The second kappa shape index (κ2) is 4.33. The summed E-state index contributed by atoms with van der Waals surface area (Å²) in [5, 5.41) is 0. The molecule has 0 spiro atoms. The third kappa shape index (κ3) is 2.39. The lowest BCUT2D eigenvalue weighted by molar-refractivity contribution is -0.688. The fourth-order valence-corrected chi connectivity index (χ4v) is 1.75. The molecule has 0 aliphatic rings. The lowest BCUT2D eigenvalue weighted by Crippen LogP contribution is -2.33. The summed E-state index contributed by atoms with van der Waals surface area (Å²) >= 11 is 3.45. The minimum atomic E-state index is 0.877. The van der Waals surface area contributed by atoms with E-state index in [0.717, 1.165) is 11.0 Å². The molecule has 1 heterocycles. The van der Waals surface area contributed by atoms with Gasteiger partial charge in [0.25, 0.3) is 0 Å². The molecule has 70 valence electrons. The van der Waals surface area contributed by atoms with Gasteiger partial charge in [0.1, 0.15) is 0 Å². The van der Waals surface area contributed by atoms with Crippen molar-refractivity contribution in [2.24, 2.45) is 0 Å². The quantitative estimate of drug-likeness (QED) is 0.746. The number of rotatable bonds is 2. The van der Waals surface area contributed by atoms with E-state index in [0.29, 0.717) is 0 Å². The lowest BCUT2D eigenvalue weighted by atomic mass is 10.2. The first-order chi connectivity index (χ1) is 6.84. The van der Waals surface area contributed by atoms with E-state index >= 15 is 0 Å². The number of hydrogen-bond donors (Lipinski definition) is 0. The van der Waals surface area contributed by atoms with Gasteiger partial charge in [0.2, 0.25) is 0 Å². The van der Waals surface area contributed by atoms with Gasteiger partial charge >= 0.3 is 0 Å². The van der Waals surface area contributed by atoms with Gasteiger partial charge in [-0.25, -0.2) is 0 Å². The monoisotopic (exact) mass is 249 g/mol. The van der Waals surface area contributed by atoms with Gasteiger partial charge in [-0.1, -0.05) is 28.1 Å². The summed E-state index contributed by atoms with van der Waals surface area (Å²) in [5.41, 5.74) is 1.27. The van der Waals surface area contributed by atoms with E-state index < -0.39 is 0 Å². The Morgan fingerprint density at radius 3 is 2.71 bits per heavy atom. The molecule has 2 aromatic rings. The van der Waals surface area contributed by atoms with Gasteiger partial charge in [-0.2, -0.15) is 4.57 Å². The van der Waals surface area contributed by atoms with Crippen LogP contribution in [0.2, 0.25) is 0 Å². The molecule has 0 radical (unpaired) electrons. The largest absolute Gasteiger partial charge is 0.252 e. The fraction of sp³-hybridized carbons (Fsp3) is 0.0909. The molecule has 14 heavy (non-hydrogen) atoms. The van der Waals surface area contributed by atoms with E-state index in [4.69, 9.17) is 0 Å². The van der Waals surface area contributed by atoms with Crippen molar-refractivity contribution >= 4 is 15.9 Å². The minimum Gasteiger partial charge on any atom is -0.252 e. The van der Waals surface area contributed by atoms with Crippen molar-refractivity contribution in [1.82, 2.24) is 4.98 Å². The first-order valence-electron chi connectivity index (χ1n) is 4.38. The van der Waals surface area contributed by atoms with Crippen LogP contribution in [-0.4, -0.2) is 4.98 Å². The van der Waals surface area contributed by atoms with Gasteiger partial charge in [0.05, 0.1) is 12.4 Å². The normalized spacial score (nSPS) is 10.1. The Kier molecular flexibility index (Phi) is 2.89. The molecule has 2 rings (SSSR count). The third-order valence-electron chi connectivity index (χ3n) is 1.94. The zero-order valence-electron chi connectivity index (χ0n) is 7.60. The van der Waals surface area contributed by atoms with E-state index in [1.165, 1.54) is 5.56 Å². The van der Waals surface area contributed by atoms with Crippen molar-refractivity contribution < 1.29 is 4.57 Å². The number of halogens is 1. The number of aromatic nitrogens is 2. The summed E-state index contributed by atoms with van der Waals surface area (Å²) < 4.78 is 3.21. The molecule has 0 atom stereocenters. The minimum absolute atomic E-state index is 0.877. The summed E-state index contributed by atoms with van der Waals surface area (Å²) in [4.78, 5) is 3.97. The second-order valence-electron chi connectivity index (χ2n) is 3.05. The zero-order valence-corrected chi connectivity index (χ0v) is 9.18. The Hall–Kier alpha value is -1.22. The van der Waals surface area contributed by atoms with Crippen LogP contribution in [0.15, 0.2) is 53.5 Å². The molecule has 3 heteroatoms. The van der Waals surface area contributed by atoms with Crippen LogP contribution in [0.5, 0.6) is 0 Å². The Balaban J connectivity index is 2.19. The lowest BCUT2D eigenvalue weighted by Gasteiger charge is -1.97. The summed E-state index contributed by atoms with van der Waals surface area (Å²) in [6, 6.07) is 8.30. The smallest absolute Gasteiger partial charge is 0.187 e. The topological polar surface area (TPSA) is 16.8 Å². The van der Waals surface area contributed by atoms with E-state index in [1.54, 1.807) is 12.4 Å². The molecule has 2 nitrogen and oxygen atoms in total. The van der Waals surface area contributed by atoms with Crippen LogP contribution >= 0.6 is 15.9 Å². The third-order valence-corrected chi connectivity index (χ3v) is 2.44. The van der Waals surface area contributed by atoms with E-state index in [9.17, 15) is 0 Å². The van der Waals surface area contributed by atoms with Crippen LogP contribution in [0.3, 0.4) is 0 Å². The van der Waals surface area contributed by atoms with Gasteiger partial charge in [-0.05, 0) is 12.1 Å². The highest BCUT2D eigenvalue weighted by Crippen LogP contribution is 2.10. The highest BCUT2D eigenvalue weighted by atomic mass is 79.9. The standard InChI is InChI=1S/C11H10BrN2/c12-11-3-1-2-10(8-11)9-14-6-4-13-5-7-14/h1-8H,9H2/q+1. The average molecular weight is 250 g/mol. The zero-order chi connectivity index (χ0) is 9.80. The molecule has 0 saturated carbocycles. The van der Waals surface area contributed by atoms with Crippen molar-refractivity contribution in [3.05, 3.63) is 59.1 Å². The Morgan fingerprint density at radius 1 is 1.21 bits per heavy atom. The van der Waals surface area contributed by atoms with Gasteiger partial charge in [-0.3, -0.25) is 4.98 Å². The number of hydrogen-bond acceptors (Lipinski definition) is 1. The predicted octanol–water partition coefficient (Wildman–Crippen LogP) is 2.18. The molecule has 0 aliphatic carbocycles. The Bertz CT molecular complexity index is 415. The summed E-state index contributed by atoms with van der Waals surface area (Å²) in [6.07, 6.45) is 7.50. The maximum Gasteiger partial charge on any atom is 0.187 e. The van der Waals surface area contributed by atoms with E-state index in [2.05, 4.69) is 37.6 Å². The van der Waals surface area contributed by atoms with Crippen LogP contribution in [0, 0.1) is 0 Å². The predicted molar refractivity (Wildman–Crippen MR) is 57.7 cm³/mol. The molecule has 0 saturated heterocycles. The van der Waals surface area contributed by atoms with Crippen molar-refractivity contribution in [1.29, 1.82) is 0 Å². The molecular weight excluding hydrogens is 240 g/mol. The molecule has 0 fully saturated rings. The molecule has 0 bridgehead atoms. The highest BCUT2D eigenvalue weighted by Gasteiger charge is 2.00. The molecule has 0 amide bonds. The van der Waals surface area contributed by atoms with Crippen molar-refractivity contribution in [3.63, 3.8) is 0 Å². The highest BCUT2D eigenvalue weighted by molar-refractivity contribution is 9.10. The number of nitrogens with zero attached hydrogens (tertiary/aromatic N) is 2. The first kappa shape index (κ1) is 9.34. The van der Waals surface area contributed by atoms with Gasteiger partial charge in [-0.15, -0.1) is 0 Å². The molecule has 1 aromatic heterocycles. The van der Waals surface area contributed by atoms with Gasteiger partial charge in [0, 0.05) is 10.0 Å². The molecule has 1 aromatic carbocycles. The fourth-order valence-electron chi connectivity index (χ4n) is 1.30. The van der Waals surface area contributed by atoms with Crippen molar-refractivity contribution in [3.8, 4) is 0 Å². The maximum absolute atomic E-state index is 3.97. The summed E-state index contributed by atoms with van der Waals surface area (Å²) in [7, 11) is 0. The van der Waals surface area contributed by atoms with Crippen LogP contribution in [0.4, 0.5) is 0 Å². The van der Waals surface area contributed by atoms with E-state index in [1.807, 2.05) is 24.5 Å². The maximum atomic E-state index is 3.97. The summed E-state index contributed by atoms with van der Waals surface area (Å²) in [5.74, 6) is 0.